The van der Waals surface area contributed by atoms with E-state index in [9.17, 15) is 19.2 Å². The summed E-state index contributed by atoms with van der Waals surface area (Å²) in [6, 6.07) is 0.758. The van der Waals surface area contributed by atoms with E-state index in [1.54, 1.807) is 14.0 Å². The summed E-state index contributed by atoms with van der Waals surface area (Å²) in [7, 11) is -0.696. The molecule has 4 aliphatic rings. The molecule has 2 saturated heterocycles. The highest BCUT2D eigenvalue weighted by atomic mass is 28.4. The summed E-state index contributed by atoms with van der Waals surface area (Å²) in [5.41, 5.74) is 5.90. The lowest BCUT2D eigenvalue weighted by Crippen LogP contribution is -2.55. The molecule has 0 spiro atoms. The molecular weight excluding hydrogens is 406 g/mol. The average molecular weight is 436 g/mol. The molecular formula is C20H29N3O6Si. The summed E-state index contributed by atoms with van der Waals surface area (Å²) in [5.74, 6) is -0.983. The molecule has 0 radical (unpaired) electrons. The molecule has 4 atom stereocenters. The Hall–Kier alpha value is -2.01. The molecule has 0 unspecified atom stereocenters. The second-order valence-electron chi connectivity index (χ2n) is 9.19. The largest absolute Gasteiger partial charge is 0.449 e. The number of nitrogens with one attached hydrogen (secondary N) is 1. The van der Waals surface area contributed by atoms with Gasteiger partial charge in [0.2, 0.25) is 5.78 Å². The Labute approximate surface area is 176 Å². The normalized spacial score (nSPS) is 32.4. The quantitative estimate of drug-likeness (QED) is 0.297. The number of hydrogen-bond donors (Lipinski definition) is 3. The number of ether oxygens (including phenoxy) is 2. The summed E-state index contributed by atoms with van der Waals surface area (Å²) in [4.78, 5) is 50.3. The Bertz CT molecular complexity index is 891. The van der Waals surface area contributed by atoms with E-state index < -0.39 is 26.1 Å². The smallest absolute Gasteiger partial charge is 0.404 e. The third-order valence-electron chi connectivity index (χ3n) is 6.77. The van der Waals surface area contributed by atoms with Gasteiger partial charge in [0.15, 0.2) is 19.8 Å². The van der Waals surface area contributed by atoms with Gasteiger partial charge in [-0.05, 0) is 38.9 Å². The maximum absolute atomic E-state index is 13.6. The minimum atomic E-state index is -2.25. The van der Waals surface area contributed by atoms with Gasteiger partial charge in [0.1, 0.15) is 6.61 Å². The van der Waals surface area contributed by atoms with Crippen LogP contribution in [0.3, 0.4) is 0 Å². The van der Waals surface area contributed by atoms with Crippen LogP contribution in [0, 0.1) is 5.92 Å². The fourth-order valence-electron chi connectivity index (χ4n) is 5.34. The first-order chi connectivity index (χ1) is 14.0. The SMILES string of the molecule is CO[C@@]12[C@H](COC(N)=O)C3=C(C(=O)C(C)=C(CCC[Si](C)(C)O)C3=O)N1C[C@@H]1N[C@@H]12. The zero-order valence-corrected chi connectivity index (χ0v) is 18.8. The van der Waals surface area contributed by atoms with E-state index in [2.05, 4.69) is 5.32 Å². The van der Waals surface area contributed by atoms with Crippen LogP contribution in [0.5, 0.6) is 0 Å². The highest BCUT2D eigenvalue weighted by Gasteiger charge is 2.72. The molecule has 1 amide bonds. The van der Waals surface area contributed by atoms with Gasteiger partial charge in [-0.3, -0.25) is 9.59 Å². The van der Waals surface area contributed by atoms with Crippen LogP contribution in [-0.4, -0.2) is 73.7 Å². The van der Waals surface area contributed by atoms with Crippen molar-refractivity contribution in [2.45, 2.75) is 56.7 Å². The molecule has 3 aliphatic heterocycles. The number of Topliss-reactive ketones (excluding diaryl/α,β-unsaturated/α-hetero) is 2. The van der Waals surface area contributed by atoms with Crippen molar-refractivity contribution in [3.63, 3.8) is 0 Å². The summed E-state index contributed by atoms with van der Waals surface area (Å²) in [6.07, 6.45) is 0.132. The van der Waals surface area contributed by atoms with Crippen LogP contribution in [0.15, 0.2) is 22.4 Å². The number of fused-ring (bicyclic) bond motifs is 4. The average Bonchev–Trinajstić information content (AvgIpc) is 3.26. The fraction of sp³-hybridized carbons (Fsp3) is 0.650. The molecule has 164 valence electrons. The number of ketones is 2. The van der Waals surface area contributed by atoms with Gasteiger partial charge in [-0.25, -0.2) is 4.79 Å². The van der Waals surface area contributed by atoms with Gasteiger partial charge in [-0.1, -0.05) is 0 Å². The number of carbonyl (C=O) groups is 3. The number of hydrogen-bond acceptors (Lipinski definition) is 8. The molecule has 0 saturated carbocycles. The third kappa shape index (κ3) is 3.05. The molecule has 2 fully saturated rings. The van der Waals surface area contributed by atoms with Crippen LogP contribution >= 0.6 is 0 Å². The number of methoxy groups -OCH3 is 1. The van der Waals surface area contributed by atoms with E-state index in [1.807, 2.05) is 18.0 Å². The molecule has 1 aliphatic carbocycles. The second kappa shape index (κ2) is 7.01. The van der Waals surface area contributed by atoms with Crippen molar-refractivity contribution in [1.29, 1.82) is 0 Å². The van der Waals surface area contributed by atoms with Gasteiger partial charge in [0.25, 0.3) is 0 Å². The van der Waals surface area contributed by atoms with Crippen molar-refractivity contribution in [2.24, 2.45) is 11.7 Å². The van der Waals surface area contributed by atoms with Crippen molar-refractivity contribution in [3.8, 4) is 0 Å². The van der Waals surface area contributed by atoms with Crippen LogP contribution in [0.25, 0.3) is 0 Å². The lowest BCUT2D eigenvalue weighted by atomic mass is 9.79. The Kier molecular flexibility index (Phi) is 4.96. The lowest BCUT2D eigenvalue weighted by molar-refractivity contribution is -0.137. The number of rotatable bonds is 7. The van der Waals surface area contributed by atoms with E-state index in [1.165, 1.54) is 0 Å². The predicted octanol–water partition coefficient (Wildman–Crippen LogP) is 0.410. The van der Waals surface area contributed by atoms with Crippen molar-refractivity contribution >= 4 is 26.0 Å². The standard InChI is InChI=1S/C20H29N3O6Si/c1-10-11(6-5-7-30(3,4)27)17(25)14-12(9-29-19(21)26)20(28-2)18-13(22-18)8-23(20)15(14)16(10)24/h12-13,18,22,27H,5-9H2,1-4H3,(H2,21,26)/t12-,13+,18+,20-/m1/s1. The predicted molar refractivity (Wildman–Crippen MR) is 110 cm³/mol. The minimum absolute atomic E-state index is 0.0554. The molecule has 0 aromatic heterocycles. The Morgan fingerprint density at radius 2 is 2.07 bits per heavy atom. The van der Waals surface area contributed by atoms with Crippen LogP contribution in [-0.2, 0) is 19.1 Å². The molecule has 9 nitrogen and oxygen atoms in total. The molecule has 4 rings (SSSR count). The number of nitrogens with two attached hydrogens (primary N) is 1. The van der Waals surface area contributed by atoms with E-state index in [0.717, 1.165) is 0 Å². The molecule has 4 N–H and O–H groups in total. The molecule has 10 heteroatoms. The topological polar surface area (TPSA) is 141 Å². The highest BCUT2D eigenvalue weighted by molar-refractivity contribution is 6.69. The number of primary amides is 1. The van der Waals surface area contributed by atoms with Gasteiger partial charge < -0.3 is 30.2 Å². The zero-order chi connectivity index (χ0) is 22.0. The van der Waals surface area contributed by atoms with E-state index >= 15 is 0 Å². The van der Waals surface area contributed by atoms with Gasteiger partial charge >= 0.3 is 6.09 Å². The van der Waals surface area contributed by atoms with E-state index in [0.29, 0.717) is 47.8 Å². The number of nitrogens with zero attached hydrogens (tertiary/aromatic N) is 1. The van der Waals surface area contributed by atoms with Crippen molar-refractivity contribution in [1.82, 2.24) is 10.2 Å². The van der Waals surface area contributed by atoms with E-state index in [4.69, 9.17) is 15.2 Å². The van der Waals surface area contributed by atoms with Crippen molar-refractivity contribution < 1.29 is 28.7 Å². The third-order valence-corrected chi connectivity index (χ3v) is 8.35. The molecule has 30 heavy (non-hydrogen) atoms. The first-order valence-corrected chi connectivity index (χ1v) is 13.4. The Morgan fingerprint density at radius 1 is 1.37 bits per heavy atom. The maximum atomic E-state index is 13.6. The minimum Gasteiger partial charge on any atom is -0.449 e. The second-order valence-corrected chi connectivity index (χ2v) is 13.3. The van der Waals surface area contributed by atoms with Gasteiger partial charge in [0.05, 0.1) is 17.7 Å². The number of carbonyl (C=O) groups excluding carboxylic acids is 3. The van der Waals surface area contributed by atoms with Gasteiger partial charge in [0, 0.05) is 36.4 Å². The van der Waals surface area contributed by atoms with E-state index in [-0.39, 0.29) is 30.3 Å². The monoisotopic (exact) mass is 435 g/mol. The number of amides is 1. The molecule has 0 bridgehead atoms. The maximum Gasteiger partial charge on any atom is 0.404 e. The molecule has 0 aromatic carbocycles. The molecule has 3 heterocycles. The Morgan fingerprint density at radius 3 is 2.67 bits per heavy atom. The van der Waals surface area contributed by atoms with Crippen molar-refractivity contribution in [2.75, 3.05) is 20.3 Å². The number of allylic oxidation sites excluding steroid dienone is 2. The summed E-state index contributed by atoms with van der Waals surface area (Å²) < 4.78 is 11.1. The molecule has 0 aromatic rings. The number of piperazine rings is 1. The van der Waals surface area contributed by atoms with Crippen LogP contribution < -0.4 is 11.1 Å². The highest BCUT2D eigenvalue weighted by Crippen LogP contribution is 2.56. The summed E-state index contributed by atoms with van der Waals surface area (Å²) in [6.45, 7) is 5.82. The van der Waals surface area contributed by atoms with Crippen LogP contribution in [0.4, 0.5) is 4.79 Å². The van der Waals surface area contributed by atoms with Crippen LogP contribution in [0.1, 0.15) is 19.8 Å². The van der Waals surface area contributed by atoms with Crippen LogP contribution in [0.2, 0.25) is 19.1 Å². The first-order valence-electron chi connectivity index (χ1n) is 10.3. The lowest BCUT2D eigenvalue weighted by Gasteiger charge is -2.39. The van der Waals surface area contributed by atoms with Crippen molar-refractivity contribution in [3.05, 3.63) is 22.4 Å². The first kappa shape index (κ1) is 21.2. The Balaban J connectivity index is 1.69. The summed E-state index contributed by atoms with van der Waals surface area (Å²) >= 11 is 0. The fourth-order valence-corrected chi connectivity index (χ4v) is 6.38. The van der Waals surface area contributed by atoms with Gasteiger partial charge in [-0.15, -0.1) is 0 Å². The van der Waals surface area contributed by atoms with Gasteiger partial charge in [-0.2, -0.15) is 0 Å². The zero-order valence-electron chi connectivity index (χ0n) is 17.8. The summed E-state index contributed by atoms with van der Waals surface area (Å²) in [5, 5.41) is 3.34.